The number of amides is 1. The van der Waals surface area contributed by atoms with Crippen LogP contribution in [0.2, 0.25) is 10.0 Å². The Bertz CT molecular complexity index is 1080. The minimum Gasteiger partial charge on any atom is -0.455 e. The molecular formula is C20H15Cl2N3O4. The van der Waals surface area contributed by atoms with Gasteiger partial charge in [0.2, 0.25) is 6.79 Å². The molecule has 2 N–H and O–H groups in total. The van der Waals surface area contributed by atoms with Crippen LogP contribution in [0.5, 0.6) is 11.5 Å². The van der Waals surface area contributed by atoms with Crippen LogP contribution in [0, 0.1) is 0 Å². The van der Waals surface area contributed by atoms with Gasteiger partial charge in [-0.05, 0) is 42.5 Å². The summed E-state index contributed by atoms with van der Waals surface area (Å²) in [5.41, 5.74) is 3.89. The van der Waals surface area contributed by atoms with Crippen molar-refractivity contribution < 1.29 is 18.7 Å². The monoisotopic (exact) mass is 431 g/mol. The zero-order chi connectivity index (χ0) is 20.2. The van der Waals surface area contributed by atoms with Crippen molar-refractivity contribution in [3.63, 3.8) is 0 Å². The van der Waals surface area contributed by atoms with Gasteiger partial charge in [0.05, 0.1) is 17.8 Å². The van der Waals surface area contributed by atoms with Crippen LogP contribution in [-0.2, 0) is 4.79 Å². The van der Waals surface area contributed by atoms with Gasteiger partial charge in [0.1, 0.15) is 11.5 Å². The van der Waals surface area contributed by atoms with Gasteiger partial charge in [0.25, 0.3) is 5.91 Å². The van der Waals surface area contributed by atoms with E-state index in [1.54, 1.807) is 48.5 Å². The molecule has 2 aromatic carbocycles. The second-order valence-electron chi connectivity index (χ2n) is 6.04. The van der Waals surface area contributed by atoms with Crippen LogP contribution in [0.1, 0.15) is 5.76 Å². The largest absolute Gasteiger partial charge is 0.455 e. The number of ether oxygens (including phenoxy) is 2. The van der Waals surface area contributed by atoms with Crippen molar-refractivity contribution in [2.24, 2.45) is 5.10 Å². The normalized spacial score (nSPS) is 12.3. The summed E-state index contributed by atoms with van der Waals surface area (Å²) in [6.07, 6.45) is 1.41. The van der Waals surface area contributed by atoms with E-state index in [1.165, 1.54) is 6.21 Å². The highest BCUT2D eigenvalue weighted by Gasteiger charge is 2.13. The topological polar surface area (TPSA) is 85.1 Å². The molecule has 1 aliphatic rings. The molecule has 4 rings (SSSR count). The summed E-state index contributed by atoms with van der Waals surface area (Å²) >= 11 is 12.1. The lowest BCUT2D eigenvalue weighted by Crippen LogP contribution is -2.25. The van der Waals surface area contributed by atoms with Gasteiger partial charge in [0.15, 0.2) is 11.5 Å². The molecule has 0 spiro atoms. The first kappa shape index (κ1) is 19.2. The summed E-state index contributed by atoms with van der Waals surface area (Å²) in [6.45, 7) is 0.244. The van der Waals surface area contributed by atoms with Gasteiger partial charge in [0, 0.05) is 22.3 Å². The minimum atomic E-state index is -0.313. The standard InChI is InChI=1S/C20H15Cl2N3O4/c21-12-1-4-15(16(22)7-12)17-6-3-14(29-17)9-24-25-20(26)10-23-13-2-5-18-19(8-13)28-11-27-18/h1-9,23H,10-11H2,(H,25,26). The second kappa shape index (κ2) is 8.46. The molecule has 29 heavy (non-hydrogen) atoms. The highest BCUT2D eigenvalue weighted by Crippen LogP contribution is 2.34. The van der Waals surface area contributed by atoms with Gasteiger partial charge in [-0.25, -0.2) is 5.43 Å². The molecule has 0 fully saturated rings. The van der Waals surface area contributed by atoms with E-state index in [0.29, 0.717) is 38.6 Å². The molecule has 0 aliphatic carbocycles. The first-order valence-electron chi connectivity index (χ1n) is 8.59. The fourth-order valence-corrected chi connectivity index (χ4v) is 3.15. The zero-order valence-corrected chi connectivity index (χ0v) is 16.5. The Kier molecular flexibility index (Phi) is 5.59. The number of furan rings is 1. The van der Waals surface area contributed by atoms with Gasteiger partial charge >= 0.3 is 0 Å². The van der Waals surface area contributed by atoms with Gasteiger partial charge in [-0.2, -0.15) is 5.10 Å². The number of nitrogens with zero attached hydrogens (tertiary/aromatic N) is 1. The number of nitrogens with one attached hydrogen (secondary N) is 2. The molecule has 1 aliphatic heterocycles. The molecular weight excluding hydrogens is 417 g/mol. The molecule has 0 radical (unpaired) electrons. The molecule has 1 aromatic heterocycles. The van der Waals surface area contributed by atoms with Crippen molar-refractivity contribution in [1.82, 2.24) is 5.43 Å². The third-order valence-electron chi connectivity index (χ3n) is 4.03. The van der Waals surface area contributed by atoms with E-state index < -0.39 is 0 Å². The Morgan fingerprint density at radius 3 is 2.79 bits per heavy atom. The van der Waals surface area contributed by atoms with Crippen molar-refractivity contribution in [2.45, 2.75) is 0 Å². The van der Waals surface area contributed by atoms with Crippen molar-refractivity contribution in [1.29, 1.82) is 0 Å². The SMILES string of the molecule is O=C(CNc1ccc2c(c1)OCO2)NN=Cc1ccc(-c2ccc(Cl)cc2Cl)o1. The van der Waals surface area contributed by atoms with Crippen LogP contribution in [0.15, 0.2) is 58.0 Å². The van der Waals surface area contributed by atoms with E-state index in [1.807, 2.05) is 0 Å². The maximum atomic E-state index is 11.9. The lowest BCUT2D eigenvalue weighted by atomic mass is 10.2. The minimum absolute atomic E-state index is 0.0424. The smallest absolute Gasteiger partial charge is 0.259 e. The summed E-state index contributed by atoms with van der Waals surface area (Å²) < 4.78 is 16.2. The molecule has 148 valence electrons. The summed E-state index contributed by atoms with van der Waals surface area (Å²) in [5, 5.41) is 7.92. The number of anilines is 1. The van der Waals surface area contributed by atoms with Crippen LogP contribution < -0.4 is 20.2 Å². The summed E-state index contributed by atoms with van der Waals surface area (Å²) in [4.78, 5) is 11.9. The quantitative estimate of drug-likeness (QED) is 0.441. The molecule has 0 saturated heterocycles. The third kappa shape index (κ3) is 4.64. The Labute approximate surface area is 176 Å². The van der Waals surface area contributed by atoms with Crippen molar-refractivity contribution in [2.75, 3.05) is 18.7 Å². The van der Waals surface area contributed by atoms with Crippen LogP contribution in [-0.4, -0.2) is 25.5 Å². The molecule has 2 heterocycles. The molecule has 7 nitrogen and oxygen atoms in total. The summed E-state index contributed by atoms with van der Waals surface area (Å²) in [7, 11) is 0. The summed E-state index contributed by atoms with van der Waals surface area (Å²) in [6, 6.07) is 14.0. The molecule has 3 aromatic rings. The van der Waals surface area contributed by atoms with E-state index in [-0.39, 0.29) is 19.2 Å². The summed E-state index contributed by atoms with van der Waals surface area (Å²) in [5.74, 6) is 2.05. The zero-order valence-electron chi connectivity index (χ0n) is 14.9. The maximum absolute atomic E-state index is 11.9. The lowest BCUT2D eigenvalue weighted by Gasteiger charge is -2.06. The van der Waals surface area contributed by atoms with Crippen LogP contribution in [0.4, 0.5) is 5.69 Å². The van der Waals surface area contributed by atoms with E-state index in [4.69, 9.17) is 37.1 Å². The molecule has 0 bridgehead atoms. The first-order chi connectivity index (χ1) is 14.1. The number of carbonyl (C=O) groups excluding carboxylic acids is 1. The predicted molar refractivity (Wildman–Crippen MR) is 111 cm³/mol. The van der Waals surface area contributed by atoms with Crippen molar-refractivity contribution in [3.8, 4) is 22.8 Å². The number of carbonyl (C=O) groups is 1. The third-order valence-corrected chi connectivity index (χ3v) is 4.58. The van der Waals surface area contributed by atoms with Crippen molar-refractivity contribution >= 4 is 41.0 Å². The van der Waals surface area contributed by atoms with E-state index >= 15 is 0 Å². The van der Waals surface area contributed by atoms with Crippen molar-refractivity contribution in [3.05, 3.63) is 64.3 Å². The van der Waals surface area contributed by atoms with Crippen LogP contribution in [0.3, 0.4) is 0 Å². The van der Waals surface area contributed by atoms with Gasteiger partial charge in [-0.3, -0.25) is 4.79 Å². The van der Waals surface area contributed by atoms with E-state index in [2.05, 4.69) is 15.8 Å². The average molecular weight is 432 g/mol. The van der Waals surface area contributed by atoms with Crippen LogP contribution >= 0.6 is 23.2 Å². The van der Waals surface area contributed by atoms with E-state index in [9.17, 15) is 4.79 Å². The predicted octanol–water partition coefficient (Wildman–Crippen LogP) is 4.54. The maximum Gasteiger partial charge on any atom is 0.259 e. The number of fused-ring (bicyclic) bond motifs is 1. The molecule has 0 unspecified atom stereocenters. The van der Waals surface area contributed by atoms with Gasteiger partial charge in [-0.1, -0.05) is 23.2 Å². The highest BCUT2D eigenvalue weighted by molar-refractivity contribution is 6.36. The Balaban J connectivity index is 1.30. The molecule has 0 saturated carbocycles. The van der Waals surface area contributed by atoms with Gasteiger partial charge in [-0.15, -0.1) is 0 Å². The number of hydrogen-bond acceptors (Lipinski definition) is 6. The Morgan fingerprint density at radius 1 is 1.07 bits per heavy atom. The lowest BCUT2D eigenvalue weighted by molar-refractivity contribution is -0.119. The number of halogens is 2. The molecule has 1 amide bonds. The van der Waals surface area contributed by atoms with Gasteiger partial charge < -0.3 is 19.2 Å². The Hall–Kier alpha value is -3.16. The molecule has 0 atom stereocenters. The highest BCUT2D eigenvalue weighted by atomic mass is 35.5. The van der Waals surface area contributed by atoms with E-state index in [0.717, 1.165) is 5.69 Å². The van der Waals surface area contributed by atoms with Crippen LogP contribution in [0.25, 0.3) is 11.3 Å². The fourth-order valence-electron chi connectivity index (χ4n) is 2.65. The first-order valence-corrected chi connectivity index (χ1v) is 9.35. The molecule has 9 heteroatoms. The second-order valence-corrected chi connectivity index (χ2v) is 6.88. The average Bonchev–Trinajstić information content (AvgIpc) is 3.35. The Morgan fingerprint density at radius 2 is 1.93 bits per heavy atom. The fraction of sp³-hybridized carbons (Fsp3) is 0.100. The number of hydrazone groups is 1. The number of benzene rings is 2. The number of hydrogen-bond donors (Lipinski definition) is 2. The number of rotatable bonds is 6.